The molecule has 0 aliphatic heterocycles. The Morgan fingerprint density at radius 3 is 2.59 bits per heavy atom. The molecule has 1 saturated carbocycles. The molecule has 1 fully saturated rings. The Kier molecular flexibility index (Phi) is 6.78. The number of amides is 1. The monoisotopic (exact) mass is 456 g/mol. The number of rotatable bonds is 6. The Morgan fingerprint density at radius 2 is 1.91 bits per heavy atom. The molecule has 0 radical (unpaired) electrons. The summed E-state index contributed by atoms with van der Waals surface area (Å²) in [6.07, 6.45) is 6.00. The summed E-state index contributed by atoms with van der Waals surface area (Å²) in [7, 11) is 0. The maximum absolute atomic E-state index is 13.0. The maximum atomic E-state index is 13.0. The Labute approximate surface area is 198 Å². The van der Waals surface area contributed by atoms with E-state index in [2.05, 4.69) is 22.9 Å². The van der Waals surface area contributed by atoms with Crippen molar-refractivity contribution in [1.29, 1.82) is 5.26 Å². The fraction of sp³-hybridized carbons (Fsp3) is 0.333. The topological polar surface area (TPSA) is 101 Å². The van der Waals surface area contributed by atoms with E-state index >= 15 is 0 Å². The molecule has 0 spiro atoms. The number of carbonyl (C=O) groups excluding carboxylic acids is 1. The van der Waals surface area contributed by atoms with Crippen LogP contribution in [0.15, 0.2) is 54.1 Å². The van der Waals surface area contributed by atoms with E-state index in [9.17, 15) is 20.2 Å². The van der Waals surface area contributed by atoms with Gasteiger partial charge in [-0.3, -0.25) is 14.9 Å². The number of para-hydroxylation sites is 1. The smallest absolute Gasteiger partial charge is 0.269 e. The van der Waals surface area contributed by atoms with Gasteiger partial charge in [0.15, 0.2) is 0 Å². The van der Waals surface area contributed by atoms with Gasteiger partial charge in [-0.2, -0.15) is 5.26 Å². The first-order chi connectivity index (χ1) is 16.4. The molecule has 0 saturated heterocycles. The number of hydrogen-bond acceptors (Lipinski definition) is 4. The highest BCUT2D eigenvalue weighted by Gasteiger charge is 2.24. The van der Waals surface area contributed by atoms with Crippen LogP contribution in [0.25, 0.3) is 17.0 Å². The first-order valence-corrected chi connectivity index (χ1v) is 11.6. The summed E-state index contributed by atoms with van der Waals surface area (Å²) in [6.45, 7) is 4.63. The van der Waals surface area contributed by atoms with Crippen LogP contribution in [0, 0.1) is 34.3 Å². The number of nitrogens with one attached hydrogen (secondary N) is 1. The predicted octanol–water partition coefficient (Wildman–Crippen LogP) is 5.51. The first-order valence-electron chi connectivity index (χ1n) is 11.6. The second-order valence-electron chi connectivity index (χ2n) is 9.04. The molecule has 1 aromatic heterocycles. The van der Waals surface area contributed by atoms with E-state index < -0.39 is 4.92 Å². The van der Waals surface area contributed by atoms with Crippen molar-refractivity contribution in [2.45, 2.75) is 52.1 Å². The van der Waals surface area contributed by atoms with Crippen LogP contribution in [0.4, 0.5) is 5.69 Å². The number of hydrogen-bond donors (Lipinski definition) is 1. The number of nitriles is 1. The summed E-state index contributed by atoms with van der Waals surface area (Å²) in [4.78, 5) is 23.5. The molecule has 3 aromatic rings. The first kappa shape index (κ1) is 23.2. The second-order valence-corrected chi connectivity index (χ2v) is 9.04. The normalized spacial score (nSPS) is 18.4. The quantitative estimate of drug-likeness (QED) is 0.229. The Bertz CT molecular complexity index is 1300. The molecule has 174 valence electrons. The van der Waals surface area contributed by atoms with Crippen molar-refractivity contribution in [3.05, 3.63) is 81.0 Å². The third kappa shape index (κ3) is 4.72. The fourth-order valence-corrected chi connectivity index (χ4v) is 4.82. The summed E-state index contributed by atoms with van der Waals surface area (Å²) < 4.78 is 2.11. The highest BCUT2D eigenvalue weighted by atomic mass is 16.6. The van der Waals surface area contributed by atoms with E-state index in [0.717, 1.165) is 47.0 Å². The number of aromatic nitrogens is 1. The van der Waals surface area contributed by atoms with Gasteiger partial charge in [-0.1, -0.05) is 50.1 Å². The molecule has 2 atom stereocenters. The molecule has 1 N–H and O–H groups in total. The van der Waals surface area contributed by atoms with Gasteiger partial charge in [0, 0.05) is 46.9 Å². The average Bonchev–Trinajstić information content (AvgIpc) is 3.10. The second kappa shape index (κ2) is 9.92. The van der Waals surface area contributed by atoms with Crippen molar-refractivity contribution in [3.8, 4) is 6.07 Å². The third-order valence-corrected chi connectivity index (χ3v) is 6.85. The molecule has 1 amide bonds. The summed E-state index contributed by atoms with van der Waals surface area (Å²) in [5.41, 5.74) is 3.81. The van der Waals surface area contributed by atoms with Crippen LogP contribution in [0.2, 0.25) is 0 Å². The van der Waals surface area contributed by atoms with Crippen LogP contribution in [0.3, 0.4) is 0 Å². The number of nitro groups is 1. The van der Waals surface area contributed by atoms with Crippen LogP contribution in [0.1, 0.15) is 49.4 Å². The number of nitro benzene ring substituents is 1. The zero-order chi connectivity index (χ0) is 24.2. The van der Waals surface area contributed by atoms with E-state index in [-0.39, 0.29) is 23.2 Å². The van der Waals surface area contributed by atoms with E-state index in [1.54, 1.807) is 18.2 Å². The minimum atomic E-state index is -0.411. The zero-order valence-electron chi connectivity index (χ0n) is 19.5. The number of carbonyl (C=O) groups is 1. The van der Waals surface area contributed by atoms with Gasteiger partial charge in [0.2, 0.25) is 0 Å². The number of nitrogens with zero attached hydrogens (tertiary/aromatic N) is 3. The molecule has 4 rings (SSSR count). The molecule has 0 unspecified atom stereocenters. The third-order valence-electron chi connectivity index (χ3n) is 6.85. The zero-order valence-corrected chi connectivity index (χ0v) is 19.5. The molecule has 34 heavy (non-hydrogen) atoms. The SMILES string of the molecule is Cc1c(/C=C(\C#N)C(=O)N[C@@H]2CCCC[C@H]2C)c2ccccc2n1Cc1ccc([N+](=O)[O-])cc1. The molecule has 1 aliphatic carbocycles. The molecular formula is C27H28N4O3. The molecule has 7 nitrogen and oxygen atoms in total. The van der Waals surface area contributed by atoms with Crippen LogP contribution >= 0.6 is 0 Å². The van der Waals surface area contributed by atoms with Crippen molar-refractivity contribution in [1.82, 2.24) is 9.88 Å². The van der Waals surface area contributed by atoms with Gasteiger partial charge in [0.05, 0.1) is 4.92 Å². The Morgan fingerprint density at radius 1 is 1.21 bits per heavy atom. The van der Waals surface area contributed by atoms with Crippen molar-refractivity contribution < 1.29 is 9.72 Å². The van der Waals surface area contributed by atoms with Gasteiger partial charge < -0.3 is 9.88 Å². The van der Waals surface area contributed by atoms with E-state index in [0.29, 0.717) is 12.5 Å². The lowest BCUT2D eigenvalue weighted by molar-refractivity contribution is -0.384. The van der Waals surface area contributed by atoms with Crippen molar-refractivity contribution in [3.63, 3.8) is 0 Å². The van der Waals surface area contributed by atoms with Gasteiger partial charge in [-0.25, -0.2) is 0 Å². The van der Waals surface area contributed by atoms with E-state index in [1.165, 1.54) is 18.6 Å². The predicted molar refractivity (Wildman–Crippen MR) is 132 cm³/mol. The lowest BCUT2D eigenvalue weighted by Crippen LogP contribution is -2.41. The van der Waals surface area contributed by atoms with Crippen molar-refractivity contribution >= 4 is 28.6 Å². The van der Waals surface area contributed by atoms with Crippen LogP contribution in [0.5, 0.6) is 0 Å². The van der Waals surface area contributed by atoms with Crippen LogP contribution in [-0.4, -0.2) is 21.4 Å². The van der Waals surface area contributed by atoms with Gasteiger partial charge in [-0.05, 0) is 43.4 Å². The van der Waals surface area contributed by atoms with Crippen molar-refractivity contribution in [2.24, 2.45) is 5.92 Å². The fourth-order valence-electron chi connectivity index (χ4n) is 4.82. The minimum absolute atomic E-state index is 0.0541. The lowest BCUT2D eigenvalue weighted by Gasteiger charge is -2.29. The number of benzene rings is 2. The Balaban J connectivity index is 1.67. The van der Waals surface area contributed by atoms with Crippen LogP contribution < -0.4 is 5.32 Å². The number of non-ortho nitro benzene ring substituents is 1. The van der Waals surface area contributed by atoms with Gasteiger partial charge in [0.25, 0.3) is 11.6 Å². The molecule has 0 bridgehead atoms. The average molecular weight is 457 g/mol. The molecule has 1 heterocycles. The minimum Gasteiger partial charge on any atom is -0.348 e. The summed E-state index contributed by atoms with van der Waals surface area (Å²) in [5, 5.41) is 24.8. The lowest BCUT2D eigenvalue weighted by atomic mass is 9.86. The largest absolute Gasteiger partial charge is 0.348 e. The Hall–Kier alpha value is -3.92. The number of fused-ring (bicyclic) bond motifs is 1. The molecular weight excluding hydrogens is 428 g/mol. The molecule has 1 aliphatic rings. The summed E-state index contributed by atoms with van der Waals surface area (Å²) in [6, 6.07) is 16.6. The van der Waals surface area contributed by atoms with Crippen molar-refractivity contribution in [2.75, 3.05) is 0 Å². The van der Waals surface area contributed by atoms with E-state index in [4.69, 9.17) is 0 Å². The summed E-state index contributed by atoms with van der Waals surface area (Å²) in [5.74, 6) is 0.0795. The highest BCUT2D eigenvalue weighted by molar-refractivity contribution is 6.04. The molecule has 7 heteroatoms. The maximum Gasteiger partial charge on any atom is 0.269 e. The van der Waals surface area contributed by atoms with E-state index in [1.807, 2.05) is 31.2 Å². The van der Waals surface area contributed by atoms with Crippen LogP contribution in [-0.2, 0) is 11.3 Å². The highest BCUT2D eigenvalue weighted by Crippen LogP contribution is 2.29. The van der Waals surface area contributed by atoms with Gasteiger partial charge in [-0.15, -0.1) is 0 Å². The standard InChI is InChI=1S/C27H28N4O3/c1-18-7-3-5-9-25(18)29-27(32)21(16-28)15-24-19(2)30(26-10-6-4-8-23(24)26)17-20-11-13-22(14-12-20)31(33)34/h4,6,8,10-15,18,25H,3,5,7,9,17H2,1-2H3,(H,29,32)/b21-15+/t18-,25-/m1/s1. The van der Waals surface area contributed by atoms with Gasteiger partial charge in [0.1, 0.15) is 11.6 Å². The van der Waals surface area contributed by atoms with Gasteiger partial charge >= 0.3 is 0 Å². The molecule has 2 aromatic carbocycles. The summed E-state index contributed by atoms with van der Waals surface area (Å²) >= 11 is 0.